The van der Waals surface area contributed by atoms with E-state index < -0.39 is 0 Å². The minimum Gasteiger partial charge on any atom is -0.336 e. The molecule has 4 heteroatoms. The molecule has 3 nitrogen and oxygen atoms in total. The first-order valence-corrected chi connectivity index (χ1v) is 6.10. The molecule has 2 rings (SSSR count). The van der Waals surface area contributed by atoms with Gasteiger partial charge in [-0.2, -0.15) is 0 Å². The molecule has 0 aromatic carbocycles. The lowest BCUT2D eigenvalue weighted by molar-refractivity contribution is 0.0714. The van der Waals surface area contributed by atoms with Crippen LogP contribution in [0.15, 0.2) is 12.1 Å². The highest BCUT2D eigenvalue weighted by Crippen LogP contribution is 2.19. The fourth-order valence-corrected chi connectivity index (χ4v) is 2.74. The summed E-state index contributed by atoms with van der Waals surface area (Å²) >= 11 is 1.56. The van der Waals surface area contributed by atoms with E-state index in [0.29, 0.717) is 6.54 Å². The molecule has 2 N–H and O–H groups in total. The minimum atomic E-state index is 0.142. The van der Waals surface area contributed by atoms with Crippen molar-refractivity contribution >= 4 is 17.2 Å². The average Bonchev–Trinajstić information content (AvgIpc) is 2.64. The van der Waals surface area contributed by atoms with E-state index in [0.717, 1.165) is 24.3 Å². The molecule has 1 fully saturated rings. The Hall–Kier alpha value is -0.870. The zero-order valence-corrected chi connectivity index (χ0v) is 9.72. The van der Waals surface area contributed by atoms with Gasteiger partial charge in [0, 0.05) is 24.0 Å². The van der Waals surface area contributed by atoms with E-state index in [2.05, 4.69) is 0 Å². The third-order valence-corrected chi connectivity index (χ3v) is 3.68. The third kappa shape index (κ3) is 2.38. The summed E-state index contributed by atoms with van der Waals surface area (Å²) < 4.78 is 0. The second-order valence-electron chi connectivity index (χ2n) is 4.06. The summed E-state index contributed by atoms with van der Waals surface area (Å²) in [6.07, 6.45) is 2.06. The first kappa shape index (κ1) is 10.6. The van der Waals surface area contributed by atoms with Crippen LogP contribution < -0.4 is 5.73 Å². The van der Waals surface area contributed by atoms with Gasteiger partial charge in [0.15, 0.2) is 0 Å². The number of aryl methyl sites for hydroxylation is 1. The van der Waals surface area contributed by atoms with E-state index in [1.165, 1.54) is 4.88 Å². The quantitative estimate of drug-likeness (QED) is 0.788. The van der Waals surface area contributed by atoms with Crippen molar-refractivity contribution in [3.63, 3.8) is 0 Å². The summed E-state index contributed by atoms with van der Waals surface area (Å²) in [5.41, 5.74) is 5.86. The van der Waals surface area contributed by atoms with Crippen molar-refractivity contribution in [1.29, 1.82) is 0 Å². The summed E-state index contributed by atoms with van der Waals surface area (Å²) in [5.74, 6) is 0.142. The lowest BCUT2D eigenvalue weighted by Crippen LogP contribution is -2.45. The summed E-state index contributed by atoms with van der Waals surface area (Å²) in [6.45, 7) is 3.57. The van der Waals surface area contributed by atoms with Gasteiger partial charge in [-0.25, -0.2) is 0 Å². The zero-order valence-electron chi connectivity index (χ0n) is 8.90. The molecule has 0 radical (unpaired) electrons. The first-order chi connectivity index (χ1) is 7.16. The van der Waals surface area contributed by atoms with Crippen LogP contribution in [0, 0.1) is 6.92 Å². The number of rotatable bonds is 1. The van der Waals surface area contributed by atoms with Crippen LogP contribution in [0.3, 0.4) is 0 Å². The van der Waals surface area contributed by atoms with Crippen molar-refractivity contribution in [3.05, 3.63) is 21.9 Å². The van der Waals surface area contributed by atoms with Crippen LogP contribution in [0.2, 0.25) is 0 Å². The van der Waals surface area contributed by atoms with Gasteiger partial charge in [-0.3, -0.25) is 4.79 Å². The number of likely N-dealkylation sites (tertiary alicyclic amines) is 1. The first-order valence-electron chi connectivity index (χ1n) is 5.28. The molecule has 82 valence electrons. The monoisotopic (exact) mass is 224 g/mol. The van der Waals surface area contributed by atoms with Crippen molar-refractivity contribution in [3.8, 4) is 0 Å². The number of hydrogen-bond acceptors (Lipinski definition) is 3. The fourth-order valence-electron chi connectivity index (χ4n) is 1.90. The van der Waals surface area contributed by atoms with E-state index in [4.69, 9.17) is 5.73 Å². The predicted molar refractivity (Wildman–Crippen MR) is 62.2 cm³/mol. The molecule has 1 aromatic heterocycles. The Morgan fingerprint density at radius 2 is 2.40 bits per heavy atom. The number of amides is 1. The van der Waals surface area contributed by atoms with E-state index in [-0.39, 0.29) is 11.9 Å². The number of thiophene rings is 1. The van der Waals surface area contributed by atoms with E-state index in [1.807, 2.05) is 24.0 Å². The molecular formula is C11H16N2OS. The summed E-state index contributed by atoms with van der Waals surface area (Å²) in [7, 11) is 0. The standard InChI is InChI=1S/C11H16N2OS/c1-8-4-5-10(15-8)11(14)13-6-2-3-9(12)7-13/h4-5,9H,2-3,6-7,12H2,1H3. The van der Waals surface area contributed by atoms with Crippen LogP contribution >= 0.6 is 11.3 Å². The molecule has 1 amide bonds. The number of hydrogen-bond donors (Lipinski definition) is 1. The van der Waals surface area contributed by atoms with Crippen molar-refractivity contribution < 1.29 is 4.79 Å². The van der Waals surface area contributed by atoms with Gasteiger partial charge < -0.3 is 10.6 Å². The lowest BCUT2D eigenvalue weighted by Gasteiger charge is -2.30. The van der Waals surface area contributed by atoms with Gasteiger partial charge in [-0.05, 0) is 31.9 Å². The van der Waals surface area contributed by atoms with Crippen LogP contribution in [-0.2, 0) is 0 Å². The van der Waals surface area contributed by atoms with Crippen molar-refractivity contribution in [2.75, 3.05) is 13.1 Å². The molecule has 1 atom stereocenters. The molecule has 1 aromatic rings. The SMILES string of the molecule is Cc1ccc(C(=O)N2CCCC(N)C2)s1. The Labute approximate surface area is 93.9 Å². The predicted octanol–water partition coefficient (Wildman–Crippen LogP) is 1.62. The van der Waals surface area contributed by atoms with Crippen LogP contribution in [0.1, 0.15) is 27.4 Å². The Kier molecular flexibility index (Phi) is 3.07. The Morgan fingerprint density at radius 1 is 1.60 bits per heavy atom. The van der Waals surface area contributed by atoms with Gasteiger partial charge in [0.2, 0.25) is 0 Å². The van der Waals surface area contributed by atoms with Crippen LogP contribution in [-0.4, -0.2) is 29.9 Å². The normalized spacial score (nSPS) is 21.7. The van der Waals surface area contributed by atoms with E-state index >= 15 is 0 Å². The van der Waals surface area contributed by atoms with Crippen molar-refractivity contribution in [2.24, 2.45) is 5.73 Å². The molecule has 0 aliphatic carbocycles. The zero-order chi connectivity index (χ0) is 10.8. The summed E-state index contributed by atoms with van der Waals surface area (Å²) in [5, 5.41) is 0. The van der Waals surface area contributed by atoms with Gasteiger partial charge in [-0.1, -0.05) is 0 Å². The Bertz CT molecular complexity index is 361. The number of piperidine rings is 1. The number of carbonyl (C=O) groups is 1. The molecule has 15 heavy (non-hydrogen) atoms. The second kappa shape index (κ2) is 4.33. The molecule has 0 bridgehead atoms. The lowest BCUT2D eigenvalue weighted by atomic mass is 10.1. The second-order valence-corrected chi connectivity index (χ2v) is 5.35. The molecule has 1 aliphatic heterocycles. The maximum Gasteiger partial charge on any atom is 0.263 e. The maximum atomic E-state index is 12.0. The maximum absolute atomic E-state index is 12.0. The topological polar surface area (TPSA) is 46.3 Å². The van der Waals surface area contributed by atoms with Crippen molar-refractivity contribution in [1.82, 2.24) is 4.90 Å². The van der Waals surface area contributed by atoms with Gasteiger partial charge in [0.05, 0.1) is 4.88 Å². The number of nitrogens with zero attached hydrogens (tertiary/aromatic N) is 1. The minimum absolute atomic E-state index is 0.142. The highest BCUT2D eigenvalue weighted by molar-refractivity contribution is 7.13. The van der Waals surface area contributed by atoms with Crippen LogP contribution in [0.4, 0.5) is 0 Å². The Morgan fingerprint density at radius 3 is 3.00 bits per heavy atom. The smallest absolute Gasteiger partial charge is 0.263 e. The summed E-state index contributed by atoms with van der Waals surface area (Å²) in [6, 6.07) is 4.05. The molecule has 0 saturated carbocycles. The van der Waals surface area contributed by atoms with E-state index in [9.17, 15) is 4.79 Å². The highest BCUT2D eigenvalue weighted by Gasteiger charge is 2.22. The van der Waals surface area contributed by atoms with Crippen molar-refractivity contribution in [2.45, 2.75) is 25.8 Å². The Balaban J connectivity index is 2.07. The molecule has 2 heterocycles. The largest absolute Gasteiger partial charge is 0.336 e. The van der Waals surface area contributed by atoms with Crippen LogP contribution in [0.5, 0.6) is 0 Å². The van der Waals surface area contributed by atoms with Gasteiger partial charge in [0.25, 0.3) is 5.91 Å². The fraction of sp³-hybridized carbons (Fsp3) is 0.545. The molecule has 0 spiro atoms. The number of nitrogens with two attached hydrogens (primary N) is 1. The summed E-state index contributed by atoms with van der Waals surface area (Å²) in [4.78, 5) is 15.9. The molecular weight excluding hydrogens is 208 g/mol. The third-order valence-electron chi connectivity index (χ3n) is 2.70. The molecule has 1 saturated heterocycles. The molecule has 1 aliphatic rings. The van der Waals surface area contributed by atoms with E-state index in [1.54, 1.807) is 11.3 Å². The average molecular weight is 224 g/mol. The van der Waals surface area contributed by atoms with Gasteiger partial charge in [0.1, 0.15) is 0 Å². The van der Waals surface area contributed by atoms with Gasteiger partial charge >= 0.3 is 0 Å². The highest BCUT2D eigenvalue weighted by atomic mass is 32.1. The van der Waals surface area contributed by atoms with Crippen LogP contribution in [0.25, 0.3) is 0 Å². The van der Waals surface area contributed by atoms with Gasteiger partial charge in [-0.15, -0.1) is 11.3 Å². The molecule has 1 unspecified atom stereocenters. The number of carbonyl (C=O) groups excluding carboxylic acids is 1.